The summed E-state index contributed by atoms with van der Waals surface area (Å²) in [6.45, 7) is 9.77. The van der Waals surface area contributed by atoms with Gasteiger partial charge in [0, 0.05) is 0 Å². The average Bonchev–Trinajstić information content (AvgIpc) is 2.22. The fraction of sp³-hybridized carbons (Fsp3) is 0.944. The van der Waals surface area contributed by atoms with Crippen LogP contribution in [0.3, 0.4) is 0 Å². The Balaban J connectivity index is 1.82. The summed E-state index contributed by atoms with van der Waals surface area (Å²) in [4.78, 5) is 13.1. The fourth-order valence-electron chi connectivity index (χ4n) is 5.56. The molecule has 0 heterocycles. The van der Waals surface area contributed by atoms with Gasteiger partial charge in [0.25, 0.3) is 0 Å². The van der Waals surface area contributed by atoms with Crippen molar-refractivity contribution in [2.45, 2.75) is 84.3 Å². The number of hydrogen-bond acceptors (Lipinski definition) is 2. The fourth-order valence-corrected chi connectivity index (χ4v) is 5.56. The van der Waals surface area contributed by atoms with Crippen LogP contribution in [0.2, 0.25) is 0 Å². The van der Waals surface area contributed by atoms with Gasteiger partial charge in [0.2, 0.25) is 5.91 Å². The lowest BCUT2D eigenvalue weighted by molar-refractivity contribution is -0.159. The molecule has 2 N–H and O–H groups in total. The Bertz CT molecular complexity index is 446. The maximum absolute atomic E-state index is 13.1. The van der Waals surface area contributed by atoms with Gasteiger partial charge in [-0.2, -0.15) is 0 Å². The number of rotatable bonds is 3. The summed E-state index contributed by atoms with van der Waals surface area (Å²) in [5.74, 6) is 1.68. The Morgan fingerprint density at radius 3 is 2.05 bits per heavy atom. The Morgan fingerprint density at radius 1 is 1.10 bits per heavy atom. The molecule has 4 saturated carbocycles. The molecular weight excluding hydrogens is 262 g/mol. The first-order chi connectivity index (χ1) is 9.45. The van der Waals surface area contributed by atoms with E-state index in [0.717, 1.165) is 31.1 Å². The topological polar surface area (TPSA) is 49.3 Å². The van der Waals surface area contributed by atoms with Gasteiger partial charge in [0.1, 0.15) is 0 Å². The summed E-state index contributed by atoms with van der Waals surface area (Å²) >= 11 is 0. The molecule has 0 saturated heterocycles. The summed E-state index contributed by atoms with van der Waals surface area (Å²) in [5, 5.41) is 13.5. The molecule has 4 aliphatic rings. The lowest BCUT2D eigenvalue weighted by Crippen LogP contribution is -2.64. The first-order valence-corrected chi connectivity index (χ1v) is 8.50. The van der Waals surface area contributed by atoms with Crippen LogP contribution in [-0.4, -0.2) is 22.2 Å². The third-order valence-electron chi connectivity index (χ3n) is 6.79. The van der Waals surface area contributed by atoms with Crippen LogP contribution in [0.15, 0.2) is 0 Å². The normalized spacial score (nSPS) is 42.2. The highest BCUT2D eigenvalue weighted by Gasteiger charge is 2.59. The lowest BCUT2D eigenvalue weighted by Gasteiger charge is -2.61. The van der Waals surface area contributed by atoms with Crippen molar-refractivity contribution < 1.29 is 9.90 Å². The second-order valence-corrected chi connectivity index (χ2v) is 9.69. The van der Waals surface area contributed by atoms with Gasteiger partial charge in [0.15, 0.2) is 0 Å². The molecule has 0 aromatic heterocycles. The van der Waals surface area contributed by atoms with Crippen LogP contribution in [0.5, 0.6) is 0 Å². The third-order valence-corrected chi connectivity index (χ3v) is 6.79. The predicted octanol–water partition coefficient (Wildman–Crippen LogP) is 3.26. The van der Waals surface area contributed by atoms with Gasteiger partial charge < -0.3 is 10.4 Å². The Hall–Kier alpha value is -0.570. The summed E-state index contributed by atoms with van der Waals surface area (Å²) in [5.41, 5.74) is -1.31. The van der Waals surface area contributed by atoms with Crippen molar-refractivity contribution >= 4 is 5.91 Å². The molecule has 0 aliphatic heterocycles. The molecule has 2 atom stereocenters. The molecule has 4 bridgehead atoms. The van der Waals surface area contributed by atoms with Crippen LogP contribution in [0, 0.1) is 22.7 Å². The standard InChI is InChI=1S/C18H31NO2/c1-15(2,16(3,4)21)19-14(20)18-9-12-6-13(10-18)8-17(5,7-12)11-18/h12-13,21H,6-11H2,1-5H3,(H,19,20). The molecule has 4 aliphatic carbocycles. The Labute approximate surface area is 128 Å². The molecule has 4 fully saturated rings. The summed E-state index contributed by atoms with van der Waals surface area (Å²) < 4.78 is 0. The average molecular weight is 293 g/mol. The quantitative estimate of drug-likeness (QED) is 0.839. The van der Waals surface area contributed by atoms with Gasteiger partial charge >= 0.3 is 0 Å². The zero-order chi connectivity index (χ0) is 15.7. The molecule has 4 rings (SSSR count). The molecule has 0 aromatic carbocycles. The van der Waals surface area contributed by atoms with Crippen molar-refractivity contribution in [1.29, 1.82) is 0 Å². The zero-order valence-electron chi connectivity index (χ0n) is 14.3. The molecule has 1 amide bonds. The lowest BCUT2D eigenvalue weighted by atomic mass is 9.44. The van der Waals surface area contributed by atoms with Gasteiger partial charge in [-0.15, -0.1) is 0 Å². The van der Waals surface area contributed by atoms with Crippen LogP contribution in [-0.2, 0) is 4.79 Å². The zero-order valence-corrected chi connectivity index (χ0v) is 14.3. The molecular formula is C18H31NO2. The van der Waals surface area contributed by atoms with Gasteiger partial charge in [-0.3, -0.25) is 4.79 Å². The van der Waals surface area contributed by atoms with Crippen molar-refractivity contribution in [3.8, 4) is 0 Å². The summed E-state index contributed by atoms with van der Waals surface area (Å²) in [6, 6.07) is 0. The molecule has 2 unspecified atom stereocenters. The highest BCUT2D eigenvalue weighted by atomic mass is 16.3. The second-order valence-electron chi connectivity index (χ2n) is 9.69. The van der Waals surface area contributed by atoms with E-state index in [4.69, 9.17) is 0 Å². The molecule has 0 radical (unpaired) electrons. The SMILES string of the molecule is CC12CC3CC(C1)CC(C(=O)NC(C)(C)C(C)(C)O)(C3)C2. The third kappa shape index (κ3) is 2.42. The maximum atomic E-state index is 13.1. The predicted molar refractivity (Wildman–Crippen MR) is 83.7 cm³/mol. The van der Waals surface area contributed by atoms with Crippen LogP contribution >= 0.6 is 0 Å². The number of nitrogens with one attached hydrogen (secondary N) is 1. The monoisotopic (exact) mass is 293 g/mol. The minimum absolute atomic E-state index is 0.165. The number of amides is 1. The van der Waals surface area contributed by atoms with E-state index in [0.29, 0.717) is 5.41 Å². The van der Waals surface area contributed by atoms with Gasteiger partial charge in [0.05, 0.1) is 16.6 Å². The minimum atomic E-state index is -0.922. The van der Waals surface area contributed by atoms with Crippen LogP contribution in [0.4, 0.5) is 0 Å². The van der Waals surface area contributed by atoms with Crippen LogP contribution < -0.4 is 5.32 Å². The van der Waals surface area contributed by atoms with Crippen molar-refractivity contribution in [1.82, 2.24) is 5.32 Å². The van der Waals surface area contributed by atoms with Crippen molar-refractivity contribution in [2.24, 2.45) is 22.7 Å². The molecule has 0 spiro atoms. The number of carbonyl (C=O) groups excluding carboxylic acids is 1. The van der Waals surface area contributed by atoms with E-state index in [-0.39, 0.29) is 11.3 Å². The highest BCUT2D eigenvalue weighted by molar-refractivity contribution is 5.84. The second kappa shape index (κ2) is 4.24. The maximum Gasteiger partial charge on any atom is 0.226 e. The first-order valence-electron chi connectivity index (χ1n) is 8.50. The molecule has 3 nitrogen and oxygen atoms in total. The van der Waals surface area contributed by atoms with Crippen molar-refractivity contribution in [3.63, 3.8) is 0 Å². The molecule has 21 heavy (non-hydrogen) atoms. The molecule has 3 heteroatoms. The summed E-state index contributed by atoms with van der Waals surface area (Å²) in [7, 11) is 0. The smallest absolute Gasteiger partial charge is 0.226 e. The van der Waals surface area contributed by atoms with E-state index in [1.165, 1.54) is 19.3 Å². The van der Waals surface area contributed by atoms with E-state index in [1.807, 2.05) is 13.8 Å². The van der Waals surface area contributed by atoms with Gasteiger partial charge in [-0.1, -0.05) is 6.92 Å². The van der Waals surface area contributed by atoms with Gasteiger partial charge in [-0.25, -0.2) is 0 Å². The number of hydrogen-bond donors (Lipinski definition) is 2. The van der Waals surface area contributed by atoms with E-state index in [2.05, 4.69) is 12.2 Å². The van der Waals surface area contributed by atoms with E-state index < -0.39 is 11.1 Å². The van der Waals surface area contributed by atoms with Crippen molar-refractivity contribution in [2.75, 3.05) is 0 Å². The number of aliphatic hydroxyl groups is 1. The molecule has 0 aromatic rings. The Kier molecular flexibility index (Phi) is 3.10. The van der Waals surface area contributed by atoms with Gasteiger partial charge in [-0.05, 0) is 83.5 Å². The largest absolute Gasteiger partial charge is 0.388 e. The minimum Gasteiger partial charge on any atom is -0.388 e. The van der Waals surface area contributed by atoms with E-state index in [1.54, 1.807) is 13.8 Å². The molecule has 120 valence electrons. The van der Waals surface area contributed by atoms with Crippen molar-refractivity contribution in [3.05, 3.63) is 0 Å². The van der Waals surface area contributed by atoms with E-state index >= 15 is 0 Å². The first kappa shape index (κ1) is 15.3. The van der Waals surface area contributed by atoms with E-state index in [9.17, 15) is 9.90 Å². The van der Waals surface area contributed by atoms with Crippen LogP contribution in [0.1, 0.15) is 73.1 Å². The Morgan fingerprint density at radius 2 is 1.62 bits per heavy atom. The highest BCUT2D eigenvalue weighted by Crippen LogP contribution is 2.65. The summed E-state index contributed by atoms with van der Waals surface area (Å²) in [6.07, 6.45) is 7.13. The number of carbonyl (C=O) groups is 1. The van der Waals surface area contributed by atoms with Crippen LogP contribution in [0.25, 0.3) is 0 Å².